The Kier molecular flexibility index (Phi) is 6.25. The molecule has 240 valence electrons. The van der Waals surface area contributed by atoms with E-state index in [-0.39, 0.29) is 12.1 Å². The number of para-hydroxylation sites is 3. The van der Waals surface area contributed by atoms with Crippen LogP contribution in [0.5, 0.6) is 0 Å². The number of nitrogens with zero attached hydrogens (tertiary/aromatic N) is 1. The lowest BCUT2D eigenvalue weighted by molar-refractivity contribution is 0.517. The minimum atomic E-state index is 0.0506. The molecule has 0 radical (unpaired) electrons. The van der Waals surface area contributed by atoms with Crippen molar-refractivity contribution in [3.63, 3.8) is 0 Å². The molecule has 0 spiro atoms. The van der Waals surface area contributed by atoms with Crippen molar-refractivity contribution in [3.8, 4) is 11.1 Å². The summed E-state index contributed by atoms with van der Waals surface area (Å²) >= 11 is 3.86. The molecule has 1 aromatic heterocycles. The summed E-state index contributed by atoms with van der Waals surface area (Å²) in [6.45, 7) is 5.04. The zero-order valence-electron chi connectivity index (χ0n) is 28.1. The molecule has 0 atom stereocenters. The Balaban J connectivity index is 1.08. The summed E-state index contributed by atoms with van der Waals surface area (Å²) in [5, 5.41) is 2.34. The Hall–Kier alpha value is -4.58. The van der Waals surface area contributed by atoms with E-state index in [1.165, 1.54) is 94.2 Å². The molecule has 0 amide bonds. The first-order chi connectivity index (χ1) is 24.5. The normalized spacial score (nSPS) is 16.9. The smallest absolute Gasteiger partial charge is 0.247 e. The van der Waals surface area contributed by atoms with Gasteiger partial charge in [-0.1, -0.05) is 127 Å². The van der Waals surface area contributed by atoms with E-state index in [2.05, 4.69) is 140 Å². The van der Waals surface area contributed by atoms with Gasteiger partial charge < -0.3 is 9.32 Å². The van der Waals surface area contributed by atoms with Crippen LogP contribution in [0.15, 0.2) is 157 Å². The Bertz CT molecular complexity index is 2610. The van der Waals surface area contributed by atoms with Crippen molar-refractivity contribution in [1.29, 1.82) is 0 Å². The van der Waals surface area contributed by atoms with Gasteiger partial charge in [0.05, 0.1) is 0 Å². The lowest BCUT2D eigenvalue weighted by Crippen LogP contribution is -2.58. The molecule has 0 N–H and O–H groups in total. The number of fused-ring (bicyclic) bond motifs is 8. The van der Waals surface area contributed by atoms with Crippen molar-refractivity contribution in [2.24, 2.45) is 0 Å². The minimum Gasteiger partial charge on any atom is -0.455 e. The third kappa shape index (κ3) is 4.08. The van der Waals surface area contributed by atoms with E-state index in [1.54, 1.807) is 5.57 Å². The molecule has 0 saturated heterocycles. The summed E-state index contributed by atoms with van der Waals surface area (Å²) in [6.07, 6.45) is 4.86. The van der Waals surface area contributed by atoms with Crippen LogP contribution in [-0.2, 0) is 5.41 Å². The maximum Gasteiger partial charge on any atom is 0.247 e. The lowest BCUT2D eigenvalue weighted by atomic mass is 9.36. The average Bonchev–Trinajstić information content (AvgIpc) is 3.54. The number of anilines is 2. The van der Waals surface area contributed by atoms with Crippen LogP contribution in [0.25, 0.3) is 33.1 Å². The number of rotatable bonds is 2. The molecule has 4 aliphatic rings. The highest BCUT2D eigenvalue weighted by atomic mass is 32.2. The number of benzene rings is 6. The van der Waals surface area contributed by atoms with Gasteiger partial charge in [0.1, 0.15) is 11.2 Å². The maximum atomic E-state index is 6.51. The van der Waals surface area contributed by atoms with Crippen LogP contribution in [0.3, 0.4) is 0 Å². The molecule has 2 nitrogen and oxygen atoms in total. The van der Waals surface area contributed by atoms with E-state index in [0.29, 0.717) is 0 Å². The van der Waals surface area contributed by atoms with Crippen LogP contribution in [0, 0.1) is 0 Å². The number of allylic oxidation sites excluding steroid dienone is 2. The summed E-state index contributed by atoms with van der Waals surface area (Å²) in [5.74, 6) is 0. The lowest BCUT2D eigenvalue weighted by Gasteiger charge is -2.46. The number of hydrogen-bond acceptors (Lipinski definition) is 4. The topological polar surface area (TPSA) is 16.4 Å². The van der Waals surface area contributed by atoms with Gasteiger partial charge in [-0.15, -0.1) is 0 Å². The second-order valence-electron chi connectivity index (χ2n) is 14.7. The molecule has 0 bridgehead atoms. The second-order valence-corrected chi connectivity index (χ2v) is 16.8. The van der Waals surface area contributed by atoms with Gasteiger partial charge in [0.15, 0.2) is 0 Å². The molecule has 0 fully saturated rings. The average molecular weight is 680 g/mol. The van der Waals surface area contributed by atoms with Gasteiger partial charge in [-0.25, -0.2) is 0 Å². The first-order valence-corrected chi connectivity index (χ1v) is 19.5. The standard InChI is InChI=1S/C45H34BNOS2/c1-45(2)32-14-4-6-16-36(32)47(37-17-7-5-15-33(37)45)28-22-23-34-42(26-28)50-41-20-10-19-40-43(41)46(34)35-25-27(21-24-39(35)49-40)29-12-9-13-31-30-11-3-8-18-38(30)48-44(29)31/h3-4,6,8-14,16,18-26H,5,7,15,17H2,1-2H3. The quantitative estimate of drug-likeness (QED) is 0.169. The fraction of sp³-hybridized carbons (Fsp3) is 0.156. The Morgan fingerprint density at radius 2 is 1.44 bits per heavy atom. The van der Waals surface area contributed by atoms with Gasteiger partial charge in [0.25, 0.3) is 0 Å². The third-order valence-corrected chi connectivity index (χ3v) is 14.0. The number of hydrogen-bond donors (Lipinski definition) is 0. The summed E-state index contributed by atoms with van der Waals surface area (Å²) < 4.78 is 6.51. The Morgan fingerprint density at radius 3 is 2.36 bits per heavy atom. The van der Waals surface area contributed by atoms with Crippen LogP contribution in [0.2, 0.25) is 0 Å². The Morgan fingerprint density at radius 1 is 0.660 bits per heavy atom. The van der Waals surface area contributed by atoms with Crippen LogP contribution in [0.4, 0.5) is 11.4 Å². The zero-order chi connectivity index (χ0) is 33.1. The Labute approximate surface area is 301 Å². The van der Waals surface area contributed by atoms with Crippen molar-refractivity contribution >= 4 is 79.9 Å². The molecular formula is C45H34BNOS2. The maximum absolute atomic E-state index is 6.51. The van der Waals surface area contributed by atoms with Crippen LogP contribution in [-0.4, -0.2) is 6.71 Å². The van der Waals surface area contributed by atoms with Gasteiger partial charge >= 0.3 is 0 Å². The molecular weight excluding hydrogens is 645 g/mol. The van der Waals surface area contributed by atoms with Crippen LogP contribution in [0.1, 0.15) is 45.1 Å². The van der Waals surface area contributed by atoms with Crippen molar-refractivity contribution in [1.82, 2.24) is 0 Å². The van der Waals surface area contributed by atoms with E-state index in [9.17, 15) is 0 Å². The highest BCUT2D eigenvalue weighted by Gasteiger charge is 2.41. The predicted octanol–water partition coefficient (Wildman–Crippen LogP) is 11.0. The highest BCUT2D eigenvalue weighted by Crippen LogP contribution is 2.52. The SMILES string of the molecule is CC1(C)C2=C(CCCC2)N(c2ccc3c(c2)Sc2cccc4c2B3c2cc(-c3cccc5c3oc3ccccc35)ccc2S4)c2ccccc21. The van der Waals surface area contributed by atoms with E-state index in [1.807, 2.05) is 23.5 Å². The third-order valence-electron chi connectivity index (χ3n) is 11.6. The molecule has 11 rings (SSSR count). The van der Waals surface area contributed by atoms with E-state index in [4.69, 9.17) is 4.42 Å². The summed E-state index contributed by atoms with van der Waals surface area (Å²) in [7, 11) is 0. The molecule has 5 heteroatoms. The van der Waals surface area contributed by atoms with Gasteiger partial charge in [-0.05, 0) is 90.3 Å². The summed E-state index contributed by atoms with van der Waals surface area (Å²) in [4.78, 5) is 8.06. The minimum absolute atomic E-state index is 0.0506. The van der Waals surface area contributed by atoms with Crippen molar-refractivity contribution in [3.05, 3.63) is 138 Å². The monoisotopic (exact) mass is 679 g/mol. The molecule has 0 saturated carbocycles. The second kappa shape index (κ2) is 10.7. The number of furan rings is 1. The first-order valence-electron chi connectivity index (χ1n) is 17.8. The molecule has 1 aliphatic carbocycles. The fourth-order valence-corrected chi connectivity index (χ4v) is 11.7. The molecule has 4 heterocycles. The molecule has 0 unspecified atom stereocenters. The van der Waals surface area contributed by atoms with Gasteiger partial charge in [0.2, 0.25) is 6.71 Å². The predicted molar refractivity (Wildman–Crippen MR) is 212 cm³/mol. The van der Waals surface area contributed by atoms with Gasteiger partial charge in [-0.3, -0.25) is 0 Å². The van der Waals surface area contributed by atoms with Gasteiger partial charge in [-0.2, -0.15) is 0 Å². The highest BCUT2D eigenvalue weighted by molar-refractivity contribution is 8.01. The van der Waals surface area contributed by atoms with Crippen LogP contribution >= 0.6 is 23.5 Å². The largest absolute Gasteiger partial charge is 0.455 e. The van der Waals surface area contributed by atoms with Gasteiger partial charge in [0, 0.05) is 58.4 Å². The van der Waals surface area contributed by atoms with Crippen molar-refractivity contribution in [2.75, 3.05) is 4.90 Å². The van der Waals surface area contributed by atoms with Crippen LogP contribution < -0.4 is 21.3 Å². The summed E-state index contributed by atoms with van der Waals surface area (Å²) in [5.41, 5.74) is 15.7. The first kappa shape index (κ1) is 29.2. The van der Waals surface area contributed by atoms with E-state index in [0.717, 1.165) is 23.2 Å². The molecule has 6 aromatic carbocycles. The fourth-order valence-electron chi connectivity index (χ4n) is 9.31. The van der Waals surface area contributed by atoms with Crippen molar-refractivity contribution < 1.29 is 4.42 Å². The van der Waals surface area contributed by atoms with E-state index >= 15 is 0 Å². The molecule has 7 aromatic rings. The van der Waals surface area contributed by atoms with Crippen molar-refractivity contribution in [2.45, 2.75) is 64.5 Å². The zero-order valence-corrected chi connectivity index (χ0v) is 29.8. The summed E-state index contributed by atoms with van der Waals surface area (Å²) in [6, 6.07) is 45.3. The molecule has 50 heavy (non-hydrogen) atoms. The van der Waals surface area contributed by atoms with E-state index < -0.39 is 0 Å². The molecule has 3 aliphatic heterocycles.